The Balaban J connectivity index is 5.57. The van der Waals surface area contributed by atoms with Crippen LogP contribution in [0.2, 0.25) is 0 Å². The quantitative estimate of drug-likeness (QED) is 0.0968. The summed E-state index contributed by atoms with van der Waals surface area (Å²) in [5, 5.41) is 33.2. The first-order valence-electron chi connectivity index (χ1n) is 9.88. The van der Waals surface area contributed by atoms with Gasteiger partial charge in [0.25, 0.3) is 0 Å². The van der Waals surface area contributed by atoms with Crippen molar-refractivity contribution >= 4 is 53.3 Å². The molecule has 0 aliphatic heterocycles. The molecule has 0 aliphatic rings. The van der Waals surface area contributed by atoms with Gasteiger partial charge < -0.3 is 42.7 Å². The number of nitrogens with one attached hydrogen (secondary N) is 3. The van der Waals surface area contributed by atoms with Crippen LogP contribution < -0.4 is 27.4 Å². The Labute approximate surface area is 198 Å². The molecular weight excluding hydrogens is 478 g/mol. The predicted octanol–water partition coefficient (Wildman–Crippen LogP) is -3.18. The van der Waals surface area contributed by atoms with E-state index in [0.717, 1.165) is 0 Å². The van der Waals surface area contributed by atoms with E-state index in [2.05, 4.69) is 10.6 Å². The fourth-order valence-electron chi connectivity index (χ4n) is 2.51. The monoisotopic (exact) mass is 507 g/mol. The first-order valence-corrected chi connectivity index (χ1v) is 11.3. The summed E-state index contributed by atoms with van der Waals surface area (Å²) in [7, 11) is 0. The number of primary amides is 1. The highest BCUT2D eigenvalue weighted by molar-refractivity contribution is 7.98. The molecule has 0 heterocycles. The van der Waals surface area contributed by atoms with Gasteiger partial charge in [0.1, 0.15) is 18.1 Å². The van der Waals surface area contributed by atoms with Crippen molar-refractivity contribution in [2.45, 2.75) is 56.3 Å². The van der Waals surface area contributed by atoms with E-state index in [1.807, 2.05) is 5.32 Å². The number of hydrogen-bond donors (Lipinski definition) is 8. The molecular formula is C18H29N5O10S. The molecule has 0 rings (SSSR count). The van der Waals surface area contributed by atoms with Gasteiger partial charge in [-0.05, 0) is 24.9 Å². The normalized spacial score (nSPS) is 14.1. The number of carboxylic acids is 3. The summed E-state index contributed by atoms with van der Waals surface area (Å²) in [5.41, 5.74) is 10.8. The van der Waals surface area contributed by atoms with Gasteiger partial charge in [-0.15, -0.1) is 0 Å². The zero-order valence-electron chi connectivity index (χ0n) is 18.3. The highest BCUT2D eigenvalue weighted by atomic mass is 32.2. The summed E-state index contributed by atoms with van der Waals surface area (Å²) < 4.78 is 0. The van der Waals surface area contributed by atoms with Crippen LogP contribution >= 0.6 is 11.8 Å². The highest BCUT2D eigenvalue weighted by Crippen LogP contribution is 2.04. The fraction of sp³-hybridized carbons (Fsp3) is 0.611. The molecule has 0 bridgehead atoms. The minimum atomic E-state index is -1.85. The van der Waals surface area contributed by atoms with E-state index in [0.29, 0.717) is 5.75 Å². The van der Waals surface area contributed by atoms with Crippen molar-refractivity contribution < 1.29 is 48.9 Å². The molecule has 4 unspecified atom stereocenters. The molecule has 15 nitrogen and oxygen atoms in total. The van der Waals surface area contributed by atoms with E-state index in [9.17, 15) is 33.6 Å². The predicted molar refractivity (Wildman–Crippen MR) is 117 cm³/mol. The average Bonchev–Trinajstić information content (AvgIpc) is 2.72. The van der Waals surface area contributed by atoms with Crippen LogP contribution in [0.1, 0.15) is 32.1 Å². The average molecular weight is 508 g/mol. The van der Waals surface area contributed by atoms with Gasteiger partial charge in [-0.25, -0.2) is 4.79 Å². The summed E-state index contributed by atoms with van der Waals surface area (Å²) >= 11 is 1.42. The van der Waals surface area contributed by atoms with Crippen molar-refractivity contribution in [1.29, 1.82) is 0 Å². The highest BCUT2D eigenvalue weighted by Gasteiger charge is 2.32. The van der Waals surface area contributed by atoms with Gasteiger partial charge in [-0.2, -0.15) is 11.8 Å². The minimum absolute atomic E-state index is 0.248. The van der Waals surface area contributed by atoms with Gasteiger partial charge >= 0.3 is 17.9 Å². The second-order valence-electron chi connectivity index (χ2n) is 7.11. The van der Waals surface area contributed by atoms with Crippen molar-refractivity contribution in [3.8, 4) is 0 Å². The van der Waals surface area contributed by atoms with E-state index in [4.69, 9.17) is 26.8 Å². The summed E-state index contributed by atoms with van der Waals surface area (Å²) in [5.74, 6) is -8.05. The molecule has 0 aliphatic carbocycles. The van der Waals surface area contributed by atoms with Crippen molar-refractivity contribution in [2.24, 2.45) is 11.5 Å². The molecule has 0 aromatic heterocycles. The number of nitrogens with two attached hydrogens (primary N) is 2. The van der Waals surface area contributed by atoms with Crippen LogP contribution in [0.5, 0.6) is 0 Å². The van der Waals surface area contributed by atoms with E-state index >= 15 is 0 Å². The molecule has 0 saturated heterocycles. The third-order valence-electron chi connectivity index (χ3n) is 4.29. The maximum absolute atomic E-state index is 12.7. The molecule has 0 fully saturated rings. The lowest BCUT2D eigenvalue weighted by Gasteiger charge is -2.24. The Kier molecular flexibility index (Phi) is 13.9. The molecule has 0 spiro atoms. The third-order valence-corrected chi connectivity index (χ3v) is 4.93. The Morgan fingerprint density at radius 1 is 0.765 bits per heavy atom. The molecule has 0 saturated carbocycles. The zero-order chi connectivity index (χ0) is 26.4. The van der Waals surface area contributed by atoms with Gasteiger partial charge in [0.15, 0.2) is 0 Å². The first-order chi connectivity index (χ1) is 15.8. The number of carboxylic acid groups (broad SMARTS) is 3. The smallest absolute Gasteiger partial charge is 0.326 e. The first kappa shape index (κ1) is 30.6. The lowest BCUT2D eigenvalue weighted by Crippen LogP contribution is -2.57. The van der Waals surface area contributed by atoms with Gasteiger partial charge in [0.05, 0.1) is 18.9 Å². The van der Waals surface area contributed by atoms with E-state index in [1.165, 1.54) is 11.8 Å². The van der Waals surface area contributed by atoms with E-state index in [1.54, 1.807) is 6.26 Å². The summed E-state index contributed by atoms with van der Waals surface area (Å²) in [6.45, 7) is 0. The van der Waals surface area contributed by atoms with Crippen molar-refractivity contribution in [1.82, 2.24) is 16.0 Å². The topological polar surface area (TPSA) is 268 Å². The van der Waals surface area contributed by atoms with Crippen molar-refractivity contribution in [2.75, 3.05) is 12.0 Å². The molecule has 0 radical (unpaired) electrons. The minimum Gasteiger partial charge on any atom is -0.481 e. The Morgan fingerprint density at radius 2 is 1.24 bits per heavy atom. The van der Waals surface area contributed by atoms with Crippen LogP contribution in [-0.4, -0.2) is 93.0 Å². The molecule has 10 N–H and O–H groups in total. The van der Waals surface area contributed by atoms with Gasteiger partial charge in [0, 0.05) is 6.42 Å². The second-order valence-corrected chi connectivity index (χ2v) is 8.10. The number of thioether (sulfide) groups is 1. The van der Waals surface area contributed by atoms with Crippen LogP contribution in [0.4, 0.5) is 0 Å². The summed E-state index contributed by atoms with van der Waals surface area (Å²) in [6, 6.07) is -6.11. The number of hydrogen-bond acceptors (Lipinski definition) is 9. The van der Waals surface area contributed by atoms with Gasteiger partial charge in [-0.3, -0.25) is 28.8 Å². The summed E-state index contributed by atoms with van der Waals surface area (Å²) in [4.78, 5) is 81.7. The van der Waals surface area contributed by atoms with Crippen molar-refractivity contribution in [3.63, 3.8) is 0 Å². The van der Waals surface area contributed by atoms with Crippen LogP contribution in [0, 0.1) is 0 Å². The third kappa shape index (κ3) is 12.6. The molecule has 0 aromatic rings. The number of aliphatic carboxylic acids is 3. The lowest BCUT2D eigenvalue weighted by atomic mass is 10.1. The molecule has 16 heteroatoms. The van der Waals surface area contributed by atoms with E-state index < -0.39 is 91.4 Å². The van der Waals surface area contributed by atoms with Crippen LogP contribution in [0.3, 0.4) is 0 Å². The van der Waals surface area contributed by atoms with Crippen LogP contribution in [0.25, 0.3) is 0 Å². The molecule has 4 amide bonds. The fourth-order valence-corrected chi connectivity index (χ4v) is 3.00. The Bertz CT molecular complexity index is 793. The maximum Gasteiger partial charge on any atom is 0.326 e. The van der Waals surface area contributed by atoms with Crippen molar-refractivity contribution in [3.05, 3.63) is 0 Å². The molecule has 192 valence electrons. The number of rotatable bonds is 17. The Morgan fingerprint density at radius 3 is 1.71 bits per heavy atom. The maximum atomic E-state index is 12.7. The van der Waals surface area contributed by atoms with Gasteiger partial charge in [-0.1, -0.05) is 0 Å². The van der Waals surface area contributed by atoms with E-state index in [-0.39, 0.29) is 6.42 Å². The van der Waals surface area contributed by atoms with Crippen LogP contribution in [-0.2, 0) is 33.6 Å². The molecule has 0 aromatic carbocycles. The second kappa shape index (κ2) is 15.4. The molecule has 4 atom stereocenters. The number of amides is 4. The number of carbonyl (C=O) groups excluding carboxylic acids is 4. The number of carbonyl (C=O) groups is 7. The lowest BCUT2D eigenvalue weighted by molar-refractivity contribution is -0.147. The van der Waals surface area contributed by atoms with Crippen LogP contribution in [0.15, 0.2) is 0 Å². The SMILES string of the molecule is CSCCC(N)C(=O)NC(CC(=O)O)C(=O)NC(CCC(N)=O)C(=O)NC(CC(=O)O)C(=O)O. The molecule has 34 heavy (non-hydrogen) atoms. The van der Waals surface area contributed by atoms with Gasteiger partial charge in [0.2, 0.25) is 23.6 Å². The summed E-state index contributed by atoms with van der Waals surface area (Å²) in [6.07, 6.45) is -0.638. The standard InChI is InChI=1S/C18H29N5O10S/c1-34-5-4-8(19)15(29)22-10(6-13(25)26)17(31)21-9(2-3-12(20)24)16(30)23-11(18(32)33)7-14(27)28/h8-11H,2-7,19H2,1H3,(H2,20,24)(H,21,31)(H,22,29)(H,23,30)(H,25,26)(H,27,28)(H,32,33). The Hall–Kier alpha value is -3.40. The zero-order valence-corrected chi connectivity index (χ0v) is 19.1. The largest absolute Gasteiger partial charge is 0.481 e.